The lowest BCUT2D eigenvalue weighted by atomic mass is 9.89. The molecule has 92 valence electrons. The minimum atomic E-state index is -0.875. The summed E-state index contributed by atoms with van der Waals surface area (Å²) >= 11 is 0. The van der Waals surface area contributed by atoms with Crippen LogP contribution in [-0.2, 0) is 0 Å². The highest BCUT2D eigenvalue weighted by Gasteiger charge is 2.16. The van der Waals surface area contributed by atoms with Crippen molar-refractivity contribution >= 4 is 5.97 Å². The maximum absolute atomic E-state index is 11.4. The molecular formula is C16H16O2. The normalized spacial score (nSPS) is 10.4. The monoisotopic (exact) mass is 240 g/mol. The van der Waals surface area contributed by atoms with Crippen molar-refractivity contribution in [1.29, 1.82) is 0 Å². The first-order chi connectivity index (χ1) is 8.52. The molecule has 1 N–H and O–H groups in total. The molecule has 2 aromatic carbocycles. The van der Waals surface area contributed by atoms with E-state index in [0.717, 1.165) is 27.8 Å². The van der Waals surface area contributed by atoms with Gasteiger partial charge in [-0.1, -0.05) is 30.3 Å². The number of hydrogen-bond donors (Lipinski definition) is 1. The SMILES string of the molecule is Cc1cc(C(=O)O)c(-c2ccccc2)c(C)c1C. The Balaban J connectivity index is 2.80. The van der Waals surface area contributed by atoms with Gasteiger partial charge in [-0.05, 0) is 54.7 Å². The van der Waals surface area contributed by atoms with Gasteiger partial charge in [0.05, 0.1) is 5.56 Å². The molecule has 0 amide bonds. The predicted molar refractivity (Wildman–Crippen MR) is 73.0 cm³/mol. The number of carboxylic acids is 1. The highest BCUT2D eigenvalue weighted by atomic mass is 16.4. The van der Waals surface area contributed by atoms with E-state index < -0.39 is 5.97 Å². The number of hydrogen-bond acceptors (Lipinski definition) is 1. The summed E-state index contributed by atoms with van der Waals surface area (Å²) in [6, 6.07) is 11.4. The minimum Gasteiger partial charge on any atom is -0.478 e. The van der Waals surface area contributed by atoms with Crippen LogP contribution >= 0.6 is 0 Å². The van der Waals surface area contributed by atoms with Crippen LogP contribution in [0.1, 0.15) is 27.0 Å². The van der Waals surface area contributed by atoms with Crippen molar-refractivity contribution in [3.8, 4) is 11.1 Å². The van der Waals surface area contributed by atoms with Gasteiger partial charge in [0.1, 0.15) is 0 Å². The Morgan fingerprint density at radius 1 is 1.00 bits per heavy atom. The van der Waals surface area contributed by atoms with Crippen molar-refractivity contribution in [2.24, 2.45) is 0 Å². The van der Waals surface area contributed by atoms with Gasteiger partial charge in [0, 0.05) is 0 Å². The maximum Gasteiger partial charge on any atom is 0.336 e. The first kappa shape index (κ1) is 12.4. The summed E-state index contributed by atoms with van der Waals surface area (Å²) in [6.45, 7) is 5.96. The average molecular weight is 240 g/mol. The van der Waals surface area contributed by atoms with Gasteiger partial charge in [-0.25, -0.2) is 4.79 Å². The lowest BCUT2D eigenvalue weighted by molar-refractivity contribution is 0.0697. The Hall–Kier alpha value is -2.09. The second-order valence-electron chi connectivity index (χ2n) is 4.54. The van der Waals surface area contributed by atoms with E-state index in [1.54, 1.807) is 6.07 Å². The van der Waals surface area contributed by atoms with Gasteiger partial charge in [-0.2, -0.15) is 0 Å². The van der Waals surface area contributed by atoms with Crippen LogP contribution in [0.2, 0.25) is 0 Å². The van der Waals surface area contributed by atoms with Gasteiger partial charge in [0.15, 0.2) is 0 Å². The third-order valence-electron chi connectivity index (χ3n) is 3.45. The lowest BCUT2D eigenvalue weighted by Crippen LogP contribution is -2.04. The lowest BCUT2D eigenvalue weighted by Gasteiger charge is -2.15. The predicted octanol–water partition coefficient (Wildman–Crippen LogP) is 3.98. The van der Waals surface area contributed by atoms with Crippen molar-refractivity contribution in [3.63, 3.8) is 0 Å². The van der Waals surface area contributed by atoms with Crippen LogP contribution in [0, 0.1) is 20.8 Å². The molecule has 0 fully saturated rings. The second kappa shape index (κ2) is 4.65. The smallest absolute Gasteiger partial charge is 0.336 e. The first-order valence-electron chi connectivity index (χ1n) is 5.92. The average Bonchev–Trinajstić information content (AvgIpc) is 2.36. The molecule has 18 heavy (non-hydrogen) atoms. The molecule has 2 rings (SSSR count). The summed E-state index contributed by atoms with van der Waals surface area (Å²) in [6.07, 6.45) is 0. The number of benzene rings is 2. The second-order valence-corrected chi connectivity index (χ2v) is 4.54. The molecular weight excluding hydrogens is 224 g/mol. The zero-order valence-electron chi connectivity index (χ0n) is 10.8. The molecule has 2 nitrogen and oxygen atoms in total. The Morgan fingerprint density at radius 2 is 1.61 bits per heavy atom. The van der Waals surface area contributed by atoms with Crippen molar-refractivity contribution in [2.75, 3.05) is 0 Å². The molecule has 0 unspecified atom stereocenters. The summed E-state index contributed by atoms with van der Waals surface area (Å²) in [5.41, 5.74) is 5.37. The molecule has 2 heteroatoms. The molecule has 0 aliphatic rings. The zero-order valence-corrected chi connectivity index (χ0v) is 10.8. The molecule has 0 aromatic heterocycles. The highest BCUT2D eigenvalue weighted by Crippen LogP contribution is 2.31. The third-order valence-corrected chi connectivity index (χ3v) is 3.45. The Morgan fingerprint density at radius 3 is 2.17 bits per heavy atom. The number of aromatic carboxylic acids is 1. The summed E-state index contributed by atoms with van der Waals surface area (Å²) in [5.74, 6) is -0.875. The first-order valence-corrected chi connectivity index (χ1v) is 5.92. The number of carboxylic acid groups (broad SMARTS) is 1. The van der Waals surface area contributed by atoms with Crippen molar-refractivity contribution < 1.29 is 9.90 Å². The van der Waals surface area contributed by atoms with E-state index in [0.29, 0.717) is 5.56 Å². The molecule has 0 radical (unpaired) electrons. The molecule has 0 aliphatic heterocycles. The van der Waals surface area contributed by atoms with E-state index >= 15 is 0 Å². The summed E-state index contributed by atoms with van der Waals surface area (Å²) in [4.78, 5) is 11.4. The van der Waals surface area contributed by atoms with Gasteiger partial charge in [0.2, 0.25) is 0 Å². The van der Waals surface area contributed by atoms with Gasteiger partial charge in [-0.3, -0.25) is 0 Å². The summed E-state index contributed by atoms with van der Waals surface area (Å²) in [7, 11) is 0. The van der Waals surface area contributed by atoms with Gasteiger partial charge < -0.3 is 5.11 Å². The fourth-order valence-corrected chi connectivity index (χ4v) is 2.23. The van der Waals surface area contributed by atoms with Gasteiger partial charge in [-0.15, -0.1) is 0 Å². The molecule has 2 aromatic rings. The molecule has 0 bridgehead atoms. The van der Waals surface area contributed by atoms with Gasteiger partial charge >= 0.3 is 5.97 Å². The van der Waals surface area contributed by atoms with E-state index in [4.69, 9.17) is 0 Å². The Kier molecular flexibility index (Phi) is 3.19. The molecule has 0 aliphatic carbocycles. The van der Waals surface area contributed by atoms with Crippen molar-refractivity contribution in [3.05, 3.63) is 58.7 Å². The van der Waals surface area contributed by atoms with Crippen LogP contribution in [0.15, 0.2) is 36.4 Å². The molecule has 0 saturated heterocycles. The van der Waals surface area contributed by atoms with E-state index in [1.807, 2.05) is 51.1 Å². The summed E-state index contributed by atoms with van der Waals surface area (Å²) < 4.78 is 0. The van der Waals surface area contributed by atoms with Crippen LogP contribution in [0.25, 0.3) is 11.1 Å². The largest absolute Gasteiger partial charge is 0.478 e. The van der Waals surface area contributed by atoms with E-state index in [-0.39, 0.29) is 0 Å². The number of carbonyl (C=O) groups is 1. The summed E-state index contributed by atoms with van der Waals surface area (Å²) in [5, 5.41) is 9.37. The van der Waals surface area contributed by atoms with Crippen LogP contribution in [0.3, 0.4) is 0 Å². The van der Waals surface area contributed by atoms with Crippen LogP contribution in [0.5, 0.6) is 0 Å². The van der Waals surface area contributed by atoms with Crippen LogP contribution in [-0.4, -0.2) is 11.1 Å². The quantitative estimate of drug-likeness (QED) is 0.862. The number of aryl methyl sites for hydroxylation is 1. The molecule has 0 atom stereocenters. The van der Waals surface area contributed by atoms with Gasteiger partial charge in [0.25, 0.3) is 0 Å². The Labute approximate surface area is 107 Å². The highest BCUT2D eigenvalue weighted by molar-refractivity contribution is 5.97. The zero-order chi connectivity index (χ0) is 13.3. The maximum atomic E-state index is 11.4. The molecule has 0 saturated carbocycles. The van der Waals surface area contributed by atoms with E-state index in [9.17, 15) is 9.90 Å². The Bertz CT molecular complexity index is 598. The molecule has 0 heterocycles. The number of rotatable bonds is 2. The van der Waals surface area contributed by atoms with E-state index in [2.05, 4.69) is 0 Å². The van der Waals surface area contributed by atoms with Crippen molar-refractivity contribution in [1.82, 2.24) is 0 Å². The minimum absolute atomic E-state index is 0.377. The standard InChI is InChI=1S/C16H16O2/c1-10-9-14(16(17)18)15(12(3)11(10)2)13-7-5-4-6-8-13/h4-9H,1-3H3,(H,17,18). The fourth-order valence-electron chi connectivity index (χ4n) is 2.23. The van der Waals surface area contributed by atoms with E-state index in [1.165, 1.54) is 0 Å². The topological polar surface area (TPSA) is 37.3 Å². The fraction of sp³-hybridized carbons (Fsp3) is 0.188. The molecule has 0 spiro atoms. The third kappa shape index (κ3) is 2.02. The van der Waals surface area contributed by atoms with Crippen LogP contribution < -0.4 is 0 Å². The van der Waals surface area contributed by atoms with Crippen LogP contribution in [0.4, 0.5) is 0 Å². The van der Waals surface area contributed by atoms with Crippen molar-refractivity contribution in [2.45, 2.75) is 20.8 Å².